The van der Waals surface area contributed by atoms with Gasteiger partial charge in [-0.25, -0.2) is 0 Å². The Morgan fingerprint density at radius 1 is 1.47 bits per heavy atom. The molecule has 2 N–H and O–H groups in total. The Labute approximate surface area is 115 Å². The molecule has 0 saturated heterocycles. The normalized spacial score (nSPS) is 14.6. The monoisotopic (exact) mass is 277 g/mol. The molecule has 1 aliphatic carbocycles. The zero-order valence-corrected chi connectivity index (χ0v) is 11.4. The van der Waals surface area contributed by atoms with Gasteiger partial charge >= 0.3 is 0 Å². The highest BCUT2D eigenvalue weighted by atomic mass is 32.2. The van der Waals surface area contributed by atoms with Crippen molar-refractivity contribution in [2.75, 3.05) is 12.8 Å². The average molecular weight is 277 g/mol. The van der Waals surface area contributed by atoms with E-state index in [-0.39, 0.29) is 0 Å². The summed E-state index contributed by atoms with van der Waals surface area (Å²) in [5.41, 5.74) is 6.79. The van der Waals surface area contributed by atoms with Crippen molar-refractivity contribution in [1.29, 1.82) is 0 Å². The van der Waals surface area contributed by atoms with Gasteiger partial charge in [-0.1, -0.05) is 11.8 Å². The van der Waals surface area contributed by atoms with Crippen LogP contribution in [0.2, 0.25) is 0 Å². The summed E-state index contributed by atoms with van der Waals surface area (Å²) in [6.07, 6.45) is 4.06. The van der Waals surface area contributed by atoms with Gasteiger partial charge in [0, 0.05) is 24.1 Å². The molecule has 0 aliphatic heterocycles. The number of rotatable bonds is 5. The Morgan fingerprint density at radius 2 is 2.32 bits per heavy atom. The van der Waals surface area contributed by atoms with Gasteiger partial charge in [0.15, 0.2) is 5.16 Å². The molecule has 3 rings (SSSR count). The fourth-order valence-electron chi connectivity index (χ4n) is 1.86. The van der Waals surface area contributed by atoms with Crippen molar-refractivity contribution in [3.63, 3.8) is 0 Å². The lowest BCUT2D eigenvalue weighted by Crippen LogP contribution is -2.02. The van der Waals surface area contributed by atoms with E-state index in [1.54, 1.807) is 25.1 Å². The second-order valence-electron chi connectivity index (χ2n) is 4.42. The van der Waals surface area contributed by atoms with Crippen molar-refractivity contribution in [3.8, 4) is 5.75 Å². The number of hydrogen-bond donors (Lipinski definition) is 1. The van der Waals surface area contributed by atoms with E-state index in [1.165, 1.54) is 0 Å². The zero-order chi connectivity index (χ0) is 13.2. The number of ether oxygens (including phenoxy) is 1. The van der Waals surface area contributed by atoms with Crippen LogP contribution >= 0.6 is 11.8 Å². The van der Waals surface area contributed by atoms with Crippen LogP contribution in [0.5, 0.6) is 5.75 Å². The molecule has 19 heavy (non-hydrogen) atoms. The largest absolute Gasteiger partial charge is 0.497 e. The average Bonchev–Trinajstić information content (AvgIpc) is 3.20. The lowest BCUT2D eigenvalue weighted by Gasteiger charge is -2.06. The Kier molecular flexibility index (Phi) is 3.29. The van der Waals surface area contributed by atoms with Crippen molar-refractivity contribution < 1.29 is 4.74 Å². The van der Waals surface area contributed by atoms with E-state index in [0.717, 1.165) is 35.2 Å². The van der Waals surface area contributed by atoms with Gasteiger partial charge in [-0.2, -0.15) is 0 Å². The summed E-state index contributed by atoms with van der Waals surface area (Å²) >= 11 is 1.60. The molecule has 2 aromatic rings. The maximum absolute atomic E-state index is 5.84. The fraction of sp³-hybridized carbons (Fsp3) is 0.417. The molecule has 0 aromatic carbocycles. The Balaban J connectivity index is 1.72. The number of nitrogen functional groups attached to an aromatic ring is 1. The molecule has 0 atom stereocenters. The molecule has 0 unspecified atom stereocenters. The maximum atomic E-state index is 5.84. The fourth-order valence-corrected chi connectivity index (χ4v) is 2.78. The van der Waals surface area contributed by atoms with Crippen LogP contribution in [0.1, 0.15) is 24.6 Å². The molecule has 1 saturated carbocycles. The summed E-state index contributed by atoms with van der Waals surface area (Å²) < 4.78 is 7.20. The molecular formula is C12H15N5OS. The summed E-state index contributed by atoms with van der Waals surface area (Å²) in [5, 5.41) is 8.94. The van der Waals surface area contributed by atoms with Gasteiger partial charge in [0.2, 0.25) is 5.95 Å². The summed E-state index contributed by atoms with van der Waals surface area (Å²) in [4.78, 5) is 4.31. The number of anilines is 1. The summed E-state index contributed by atoms with van der Waals surface area (Å²) in [7, 11) is 1.65. The van der Waals surface area contributed by atoms with E-state index in [4.69, 9.17) is 10.5 Å². The van der Waals surface area contributed by atoms with E-state index in [1.807, 2.05) is 16.7 Å². The Hall–Kier alpha value is -1.76. The molecule has 0 spiro atoms. The summed E-state index contributed by atoms with van der Waals surface area (Å²) in [6, 6.07) is 4.24. The molecule has 2 heterocycles. The number of thioether (sulfide) groups is 1. The second-order valence-corrected chi connectivity index (χ2v) is 5.36. The van der Waals surface area contributed by atoms with Gasteiger partial charge in [0.05, 0.1) is 12.8 Å². The van der Waals surface area contributed by atoms with Crippen molar-refractivity contribution >= 4 is 17.7 Å². The molecule has 0 amide bonds. The van der Waals surface area contributed by atoms with Gasteiger partial charge in [-0.15, -0.1) is 10.2 Å². The van der Waals surface area contributed by atoms with Crippen LogP contribution in [0.3, 0.4) is 0 Å². The van der Waals surface area contributed by atoms with Crippen LogP contribution in [-0.4, -0.2) is 26.9 Å². The number of nitrogens with zero attached hydrogens (tertiary/aromatic N) is 4. The van der Waals surface area contributed by atoms with Crippen LogP contribution in [0.15, 0.2) is 23.5 Å². The van der Waals surface area contributed by atoms with Crippen molar-refractivity contribution in [3.05, 3.63) is 24.0 Å². The molecule has 6 nitrogen and oxygen atoms in total. The number of aromatic nitrogens is 4. The number of methoxy groups -OCH3 is 1. The molecular weight excluding hydrogens is 262 g/mol. The highest BCUT2D eigenvalue weighted by Crippen LogP contribution is 2.39. The summed E-state index contributed by atoms with van der Waals surface area (Å²) in [5.74, 6) is 2.04. The predicted molar refractivity (Wildman–Crippen MR) is 73.1 cm³/mol. The second kappa shape index (κ2) is 5.08. The van der Waals surface area contributed by atoms with E-state index in [2.05, 4.69) is 15.2 Å². The number of hydrogen-bond acceptors (Lipinski definition) is 6. The molecule has 1 fully saturated rings. The Bertz CT molecular complexity index is 581. The Morgan fingerprint density at radius 3 is 3.05 bits per heavy atom. The predicted octanol–water partition coefficient (Wildman–Crippen LogP) is 1.89. The molecule has 1 aliphatic rings. The third-order valence-electron chi connectivity index (χ3n) is 2.98. The minimum atomic E-state index is 0.482. The van der Waals surface area contributed by atoms with Crippen LogP contribution < -0.4 is 10.5 Å². The highest BCUT2D eigenvalue weighted by molar-refractivity contribution is 7.98. The topological polar surface area (TPSA) is 78.8 Å². The first-order valence-electron chi connectivity index (χ1n) is 6.10. The zero-order valence-electron chi connectivity index (χ0n) is 10.6. The smallest absolute Gasteiger partial charge is 0.222 e. The van der Waals surface area contributed by atoms with E-state index in [0.29, 0.717) is 12.0 Å². The van der Waals surface area contributed by atoms with Gasteiger partial charge < -0.3 is 10.5 Å². The van der Waals surface area contributed by atoms with Gasteiger partial charge in [-0.3, -0.25) is 9.55 Å². The minimum absolute atomic E-state index is 0.482. The SMILES string of the molecule is COc1ccnc(CSc2nnc(N)n2C2CC2)c1. The van der Waals surface area contributed by atoms with Crippen LogP contribution in [0.4, 0.5) is 5.95 Å². The maximum Gasteiger partial charge on any atom is 0.222 e. The standard InChI is InChI=1S/C12H15N5OS/c1-18-10-4-5-14-8(6-10)7-19-12-16-15-11(13)17(12)9-2-3-9/h4-6,9H,2-3,7H2,1H3,(H2,13,15). The van der Waals surface area contributed by atoms with Crippen LogP contribution in [0, 0.1) is 0 Å². The molecule has 0 radical (unpaired) electrons. The third-order valence-corrected chi connectivity index (χ3v) is 3.95. The molecule has 7 heteroatoms. The lowest BCUT2D eigenvalue weighted by molar-refractivity contribution is 0.413. The molecule has 0 bridgehead atoms. The number of nitrogens with two attached hydrogens (primary N) is 1. The lowest BCUT2D eigenvalue weighted by atomic mass is 10.3. The first-order valence-corrected chi connectivity index (χ1v) is 7.08. The van der Waals surface area contributed by atoms with Crippen LogP contribution in [-0.2, 0) is 5.75 Å². The summed E-state index contributed by atoms with van der Waals surface area (Å²) in [6.45, 7) is 0. The van der Waals surface area contributed by atoms with Crippen molar-refractivity contribution in [2.24, 2.45) is 0 Å². The van der Waals surface area contributed by atoms with Gasteiger partial charge in [0.25, 0.3) is 0 Å². The van der Waals surface area contributed by atoms with E-state index in [9.17, 15) is 0 Å². The van der Waals surface area contributed by atoms with Gasteiger partial charge in [-0.05, 0) is 18.9 Å². The van der Waals surface area contributed by atoms with Crippen molar-refractivity contribution in [2.45, 2.75) is 29.8 Å². The third kappa shape index (κ3) is 2.65. The highest BCUT2D eigenvalue weighted by Gasteiger charge is 2.28. The van der Waals surface area contributed by atoms with Gasteiger partial charge in [0.1, 0.15) is 5.75 Å². The molecule has 100 valence electrons. The number of pyridine rings is 1. The van der Waals surface area contributed by atoms with E-state index < -0.39 is 0 Å². The van der Waals surface area contributed by atoms with Crippen LogP contribution in [0.25, 0.3) is 0 Å². The van der Waals surface area contributed by atoms with E-state index >= 15 is 0 Å². The molecule has 2 aromatic heterocycles. The minimum Gasteiger partial charge on any atom is -0.497 e. The first-order chi connectivity index (χ1) is 9.28. The quantitative estimate of drug-likeness (QED) is 0.841. The van der Waals surface area contributed by atoms with Crippen molar-refractivity contribution in [1.82, 2.24) is 19.7 Å². The first kappa shape index (κ1) is 12.3.